The molecule has 1 aromatic carbocycles. The first-order valence-electron chi connectivity index (χ1n) is 4.26. The number of methoxy groups -OCH3 is 2. The van der Waals surface area contributed by atoms with Gasteiger partial charge in [0.25, 0.3) is 0 Å². The van der Waals surface area contributed by atoms with Gasteiger partial charge < -0.3 is 15.2 Å². The minimum Gasteiger partial charge on any atom is -0.493 e. The van der Waals surface area contributed by atoms with E-state index in [4.69, 9.17) is 20.6 Å². The van der Waals surface area contributed by atoms with Gasteiger partial charge in [0, 0.05) is 11.6 Å². The van der Waals surface area contributed by atoms with Gasteiger partial charge in [0.15, 0.2) is 5.75 Å². The van der Waals surface area contributed by atoms with Gasteiger partial charge in [0.05, 0.1) is 19.1 Å². The van der Waals surface area contributed by atoms with Gasteiger partial charge in [0.2, 0.25) is 5.75 Å². The Morgan fingerprint density at radius 1 is 1.44 bits per heavy atom. The fourth-order valence-corrected chi connectivity index (χ4v) is 1.24. The maximum absolute atomic E-state index is 10.8. The molecule has 0 aliphatic heterocycles. The lowest BCUT2D eigenvalue weighted by Gasteiger charge is -2.09. The number of amidine groups is 1. The summed E-state index contributed by atoms with van der Waals surface area (Å²) in [6.45, 7) is 0. The first kappa shape index (κ1) is 11.8. The molecule has 7 heteroatoms. The molecule has 0 aliphatic carbocycles. The van der Waals surface area contributed by atoms with E-state index < -0.39 is 4.92 Å². The van der Waals surface area contributed by atoms with Crippen molar-refractivity contribution in [1.82, 2.24) is 0 Å². The third-order valence-corrected chi connectivity index (χ3v) is 1.97. The van der Waals surface area contributed by atoms with Gasteiger partial charge >= 0.3 is 5.69 Å². The summed E-state index contributed by atoms with van der Waals surface area (Å²) < 4.78 is 9.82. The Morgan fingerprint density at radius 2 is 2.06 bits per heavy atom. The van der Waals surface area contributed by atoms with E-state index in [1.165, 1.54) is 26.4 Å². The summed E-state index contributed by atoms with van der Waals surface area (Å²) >= 11 is 0. The number of nitrogens with zero attached hydrogens (tertiary/aromatic N) is 1. The van der Waals surface area contributed by atoms with Gasteiger partial charge in [-0.15, -0.1) is 0 Å². The maximum Gasteiger partial charge on any atom is 0.315 e. The Labute approximate surface area is 91.4 Å². The standard InChI is InChI=1S/C9H11N3O4/c1-15-7-4-5(9(10)11)3-6(12(13)14)8(7)16-2/h3-4H,1-2H3,(H3,10,11). The average molecular weight is 225 g/mol. The Hall–Kier alpha value is -2.31. The van der Waals surface area contributed by atoms with Gasteiger partial charge in [-0.2, -0.15) is 0 Å². The summed E-state index contributed by atoms with van der Waals surface area (Å²) in [4.78, 5) is 10.2. The fraction of sp³-hybridized carbons (Fsp3) is 0.222. The van der Waals surface area contributed by atoms with Gasteiger partial charge in [-0.3, -0.25) is 15.5 Å². The minimum absolute atomic E-state index is 0.0116. The molecule has 0 unspecified atom stereocenters. The van der Waals surface area contributed by atoms with Crippen LogP contribution in [0.25, 0.3) is 0 Å². The SMILES string of the molecule is COc1cc(C(=N)N)cc([N+](=O)[O-])c1OC. The Morgan fingerprint density at radius 3 is 2.44 bits per heavy atom. The number of hydrogen-bond donors (Lipinski definition) is 2. The zero-order valence-corrected chi connectivity index (χ0v) is 8.81. The van der Waals surface area contributed by atoms with Crippen molar-refractivity contribution in [2.24, 2.45) is 5.73 Å². The summed E-state index contributed by atoms with van der Waals surface area (Å²) in [6, 6.07) is 2.58. The monoisotopic (exact) mass is 225 g/mol. The first-order valence-corrected chi connectivity index (χ1v) is 4.26. The van der Waals surface area contributed by atoms with E-state index >= 15 is 0 Å². The second-order valence-corrected chi connectivity index (χ2v) is 2.90. The molecular weight excluding hydrogens is 214 g/mol. The van der Waals surface area contributed by atoms with Gasteiger partial charge in [-0.05, 0) is 6.07 Å². The van der Waals surface area contributed by atoms with Crippen molar-refractivity contribution in [2.75, 3.05) is 14.2 Å². The third-order valence-electron chi connectivity index (χ3n) is 1.97. The minimum atomic E-state index is -0.617. The van der Waals surface area contributed by atoms with E-state index in [-0.39, 0.29) is 28.6 Å². The third kappa shape index (κ3) is 2.02. The zero-order valence-electron chi connectivity index (χ0n) is 8.81. The molecule has 0 saturated heterocycles. The fourth-order valence-electron chi connectivity index (χ4n) is 1.24. The number of benzene rings is 1. The molecule has 7 nitrogen and oxygen atoms in total. The van der Waals surface area contributed by atoms with E-state index in [0.717, 1.165) is 0 Å². The summed E-state index contributed by atoms with van der Waals surface area (Å²) in [5, 5.41) is 18.0. The molecule has 1 rings (SSSR count). The predicted molar refractivity (Wildman–Crippen MR) is 57.2 cm³/mol. The van der Waals surface area contributed by atoms with E-state index in [9.17, 15) is 10.1 Å². The van der Waals surface area contributed by atoms with Crippen LogP contribution in [0.1, 0.15) is 5.56 Å². The highest BCUT2D eigenvalue weighted by Gasteiger charge is 2.22. The van der Waals surface area contributed by atoms with Crippen LogP contribution in [0.2, 0.25) is 0 Å². The highest BCUT2D eigenvalue weighted by atomic mass is 16.6. The number of nitro groups is 1. The number of nitrogen functional groups attached to an aromatic ring is 1. The molecule has 0 heterocycles. The Balaban J connectivity index is 3.49. The van der Waals surface area contributed by atoms with Crippen molar-refractivity contribution in [1.29, 1.82) is 5.41 Å². The van der Waals surface area contributed by atoms with Crippen molar-refractivity contribution >= 4 is 11.5 Å². The van der Waals surface area contributed by atoms with E-state index in [0.29, 0.717) is 0 Å². The molecular formula is C9H11N3O4. The number of nitrogens with one attached hydrogen (secondary N) is 1. The van der Waals surface area contributed by atoms with Gasteiger partial charge in [0.1, 0.15) is 5.84 Å². The molecule has 3 N–H and O–H groups in total. The summed E-state index contributed by atoms with van der Waals surface area (Å²) in [6.07, 6.45) is 0. The van der Waals surface area contributed by atoms with Gasteiger partial charge in [-0.1, -0.05) is 0 Å². The predicted octanol–water partition coefficient (Wildman–Crippen LogP) is 0.896. The van der Waals surface area contributed by atoms with Crippen molar-refractivity contribution in [2.45, 2.75) is 0 Å². The normalized spacial score (nSPS) is 9.62. The largest absolute Gasteiger partial charge is 0.493 e. The Bertz CT molecular complexity index is 445. The summed E-state index contributed by atoms with van der Waals surface area (Å²) in [5.74, 6) is -0.0940. The molecule has 0 spiro atoms. The van der Waals surface area contributed by atoms with Crippen molar-refractivity contribution < 1.29 is 14.4 Å². The van der Waals surface area contributed by atoms with Crippen LogP contribution in [0.4, 0.5) is 5.69 Å². The maximum atomic E-state index is 10.8. The van der Waals surface area contributed by atoms with Crippen LogP contribution in [0.3, 0.4) is 0 Å². The number of nitro benzene ring substituents is 1. The molecule has 1 aromatic rings. The molecule has 86 valence electrons. The first-order chi connectivity index (χ1) is 7.51. The van der Waals surface area contributed by atoms with Crippen molar-refractivity contribution in [3.63, 3.8) is 0 Å². The summed E-state index contributed by atoms with van der Waals surface area (Å²) in [5.41, 5.74) is 5.19. The molecule has 16 heavy (non-hydrogen) atoms. The van der Waals surface area contributed by atoms with Crippen LogP contribution in [0.15, 0.2) is 12.1 Å². The van der Waals surface area contributed by atoms with Crippen LogP contribution >= 0.6 is 0 Å². The van der Waals surface area contributed by atoms with E-state index in [1.54, 1.807) is 0 Å². The van der Waals surface area contributed by atoms with Crippen molar-refractivity contribution in [3.8, 4) is 11.5 Å². The van der Waals surface area contributed by atoms with Gasteiger partial charge in [-0.25, -0.2) is 0 Å². The number of ether oxygens (including phenoxy) is 2. The summed E-state index contributed by atoms with van der Waals surface area (Å²) in [7, 11) is 2.66. The van der Waals surface area contributed by atoms with Crippen molar-refractivity contribution in [3.05, 3.63) is 27.8 Å². The number of nitrogens with two attached hydrogens (primary N) is 1. The van der Waals surface area contributed by atoms with Crippen LogP contribution < -0.4 is 15.2 Å². The molecule has 0 bridgehead atoms. The molecule has 0 aromatic heterocycles. The number of hydrogen-bond acceptors (Lipinski definition) is 5. The molecule has 0 amide bonds. The van der Waals surface area contributed by atoms with Crippen LogP contribution in [0, 0.1) is 15.5 Å². The second-order valence-electron chi connectivity index (χ2n) is 2.90. The highest BCUT2D eigenvalue weighted by Crippen LogP contribution is 2.37. The Kier molecular flexibility index (Phi) is 3.29. The van der Waals surface area contributed by atoms with Crippen LogP contribution in [0.5, 0.6) is 11.5 Å². The lowest BCUT2D eigenvalue weighted by molar-refractivity contribution is -0.385. The second kappa shape index (κ2) is 4.47. The van der Waals surface area contributed by atoms with E-state index in [1.807, 2.05) is 0 Å². The molecule has 0 atom stereocenters. The zero-order chi connectivity index (χ0) is 12.3. The smallest absolute Gasteiger partial charge is 0.315 e. The lowest BCUT2D eigenvalue weighted by Crippen LogP contribution is -2.12. The lowest BCUT2D eigenvalue weighted by atomic mass is 10.1. The quantitative estimate of drug-likeness (QED) is 0.342. The van der Waals surface area contributed by atoms with Crippen LogP contribution in [-0.4, -0.2) is 25.0 Å². The highest BCUT2D eigenvalue weighted by molar-refractivity contribution is 5.96. The average Bonchev–Trinajstić information content (AvgIpc) is 2.26. The topological polar surface area (TPSA) is 111 Å². The van der Waals surface area contributed by atoms with Crippen LogP contribution in [-0.2, 0) is 0 Å². The molecule has 0 aliphatic rings. The number of rotatable bonds is 4. The molecule has 0 radical (unpaired) electrons. The molecule has 0 saturated carbocycles. The molecule has 0 fully saturated rings. The van der Waals surface area contributed by atoms with E-state index in [2.05, 4.69) is 0 Å².